The molecule has 90 valence electrons. The quantitative estimate of drug-likeness (QED) is 0.668. The zero-order valence-corrected chi connectivity index (χ0v) is 10.6. The highest BCUT2D eigenvalue weighted by atomic mass is 16.5. The predicted octanol–water partition coefficient (Wildman–Crippen LogP) is 2.83. The molecule has 1 saturated carbocycles. The van der Waals surface area contributed by atoms with Crippen molar-refractivity contribution in [1.82, 2.24) is 5.32 Å². The minimum Gasteiger partial charge on any atom is -0.376 e. The second-order valence-electron chi connectivity index (χ2n) is 5.25. The van der Waals surface area contributed by atoms with Crippen LogP contribution in [-0.2, 0) is 4.74 Å². The largest absolute Gasteiger partial charge is 0.376 e. The molecule has 2 nitrogen and oxygen atoms in total. The fraction of sp³-hybridized carbons (Fsp3) is 1.00. The van der Waals surface area contributed by atoms with Gasteiger partial charge in [-0.2, -0.15) is 0 Å². The van der Waals surface area contributed by atoms with Crippen molar-refractivity contribution >= 4 is 0 Å². The number of ether oxygens (including phenoxy) is 1. The molecule has 1 heterocycles. The van der Waals surface area contributed by atoms with Gasteiger partial charge in [-0.3, -0.25) is 0 Å². The van der Waals surface area contributed by atoms with Crippen LogP contribution in [0.3, 0.4) is 0 Å². The van der Waals surface area contributed by atoms with Gasteiger partial charge in [0.1, 0.15) is 0 Å². The van der Waals surface area contributed by atoms with E-state index in [1.165, 1.54) is 25.7 Å². The summed E-state index contributed by atoms with van der Waals surface area (Å²) in [7, 11) is 0. The van der Waals surface area contributed by atoms with Crippen LogP contribution >= 0.6 is 0 Å². The second kappa shape index (κ2) is 7.24. The summed E-state index contributed by atoms with van der Waals surface area (Å²) in [5.41, 5.74) is 0. The SMILES string of the molecule is CC1CCC(C)CC1.CC1CNCCO1. The fourth-order valence-corrected chi connectivity index (χ4v) is 2.12. The summed E-state index contributed by atoms with van der Waals surface area (Å²) in [6, 6.07) is 0. The average molecular weight is 213 g/mol. The van der Waals surface area contributed by atoms with Gasteiger partial charge in [0.2, 0.25) is 0 Å². The standard InChI is InChI=1S/C8H16.C5H11NO/c1-7-3-5-8(2)6-4-7;1-5-4-6-2-3-7-5/h7-8H,3-6H2,1-2H3;5-6H,2-4H2,1H3. The lowest BCUT2D eigenvalue weighted by Gasteiger charge is -2.22. The molecule has 0 bridgehead atoms. The smallest absolute Gasteiger partial charge is 0.0672 e. The van der Waals surface area contributed by atoms with Gasteiger partial charge in [-0.15, -0.1) is 0 Å². The lowest BCUT2D eigenvalue weighted by molar-refractivity contribution is 0.0410. The lowest BCUT2D eigenvalue weighted by Crippen LogP contribution is -2.36. The van der Waals surface area contributed by atoms with Crippen LogP contribution in [0.25, 0.3) is 0 Å². The molecule has 15 heavy (non-hydrogen) atoms. The maximum Gasteiger partial charge on any atom is 0.0672 e. The van der Waals surface area contributed by atoms with Gasteiger partial charge in [0.15, 0.2) is 0 Å². The van der Waals surface area contributed by atoms with Gasteiger partial charge in [-0.1, -0.05) is 39.5 Å². The number of morpholine rings is 1. The van der Waals surface area contributed by atoms with E-state index in [4.69, 9.17) is 4.74 Å². The van der Waals surface area contributed by atoms with Gasteiger partial charge in [0.05, 0.1) is 12.7 Å². The minimum absolute atomic E-state index is 0.425. The van der Waals surface area contributed by atoms with Gasteiger partial charge < -0.3 is 10.1 Å². The van der Waals surface area contributed by atoms with Crippen molar-refractivity contribution in [3.05, 3.63) is 0 Å². The van der Waals surface area contributed by atoms with E-state index in [9.17, 15) is 0 Å². The van der Waals surface area contributed by atoms with Crippen LogP contribution in [-0.4, -0.2) is 25.8 Å². The zero-order chi connectivity index (χ0) is 11.1. The molecule has 2 fully saturated rings. The first-order chi connectivity index (χ1) is 7.18. The van der Waals surface area contributed by atoms with Crippen LogP contribution in [0.2, 0.25) is 0 Å². The second-order valence-corrected chi connectivity index (χ2v) is 5.25. The van der Waals surface area contributed by atoms with E-state index in [0.29, 0.717) is 6.10 Å². The Morgan fingerprint density at radius 1 is 0.933 bits per heavy atom. The topological polar surface area (TPSA) is 21.3 Å². The van der Waals surface area contributed by atoms with Gasteiger partial charge in [-0.05, 0) is 18.8 Å². The molecule has 1 unspecified atom stereocenters. The third-order valence-corrected chi connectivity index (χ3v) is 3.42. The molecule has 1 saturated heterocycles. The van der Waals surface area contributed by atoms with E-state index in [-0.39, 0.29) is 0 Å². The van der Waals surface area contributed by atoms with Crippen molar-refractivity contribution < 1.29 is 4.74 Å². The van der Waals surface area contributed by atoms with Crippen LogP contribution < -0.4 is 5.32 Å². The summed E-state index contributed by atoms with van der Waals surface area (Å²) >= 11 is 0. The van der Waals surface area contributed by atoms with E-state index in [0.717, 1.165) is 31.5 Å². The Bertz CT molecular complexity index is 137. The Hall–Kier alpha value is -0.0800. The molecule has 1 N–H and O–H groups in total. The highest BCUT2D eigenvalue weighted by molar-refractivity contribution is 4.65. The molecular weight excluding hydrogens is 186 g/mol. The number of hydrogen-bond donors (Lipinski definition) is 1. The van der Waals surface area contributed by atoms with E-state index >= 15 is 0 Å². The van der Waals surface area contributed by atoms with Gasteiger partial charge >= 0.3 is 0 Å². The third kappa shape index (κ3) is 6.16. The van der Waals surface area contributed by atoms with Gasteiger partial charge in [-0.25, -0.2) is 0 Å². The molecule has 0 radical (unpaired) electrons. The van der Waals surface area contributed by atoms with Crippen molar-refractivity contribution in [3.8, 4) is 0 Å². The summed E-state index contributed by atoms with van der Waals surface area (Å²) in [6.45, 7) is 9.72. The fourth-order valence-electron chi connectivity index (χ4n) is 2.12. The molecule has 1 atom stereocenters. The molecule has 2 aliphatic rings. The third-order valence-electron chi connectivity index (χ3n) is 3.42. The van der Waals surface area contributed by atoms with Crippen LogP contribution in [0.5, 0.6) is 0 Å². The Kier molecular flexibility index (Phi) is 6.26. The number of hydrogen-bond acceptors (Lipinski definition) is 2. The Labute approximate surface area is 94.8 Å². The Morgan fingerprint density at radius 2 is 1.47 bits per heavy atom. The molecule has 0 aromatic rings. The molecular formula is C13H27NO. The summed E-state index contributed by atoms with van der Waals surface area (Å²) in [6.07, 6.45) is 6.32. The molecule has 0 spiro atoms. The van der Waals surface area contributed by atoms with E-state index in [1.54, 1.807) is 0 Å². The summed E-state index contributed by atoms with van der Waals surface area (Å²) < 4.78 is 5.22. The van der Waals surface area contributed by atoms with Crippen LogP contribution in [0, 0.1) is 11.8 Å². The zero-order valence-electron chi connectivity index (χ0n) is 10.6. The predicted molar refractivity (Wildman–Crippen MR) is 65.1 cm³/mol. The summed E-state index contributed by atoms with van der Waals surface area (Å²) in [5.74, 6) is 2.04. The number of rotatable bonds is 0. The first-order valence-electron chi connectivity index (χ1n) is 6.50. The van der Waals surface area contributed by atoms with Crippen molar-refractivity contribution in [2.75, 3.05) is 19.7 Å². The Morgan fingerprint density at radius 3 is 1.73 bits per heavy atom. The Balaban J connectivity index is 0.000000151. The van der Waals surface area contributed by atoms with E-state index in [2.05, 4.69) is 26.1 Å². The molecule has 2 rings (SSSR count). The van der Waals surface area contributed by atoms with Crippen molar-refractivity contribution in [2.24, 2.45) is 11.8 Å². The van der Waals surface area contributed by atoms with Crippen LogP contribution in [0.4, 0.5) is 0 Å². The minimum atomic E-state index is 0.425. The molecule has 0 amide bonds. The number of nitrogens with one attached hydrogen (secondary N) is 1. The first-order valence-corrected chi connectivity index (χ1v) is 6.50. The first kappa shape index (κ1) is 13.0. The average Bonchev–Trinajstić information content (AvgIpc) is 2.25. The highest BCUT2D eigenvalue weighted by Crippen LogP contribution is 2.27. The maximum atomic E-state index is 5.22. The van der Waals surface area contributed by atoms with Crippen molar-refractivity contribution in [2.45, 2.75) is 52.6 Å². The lowest BCUT2D eigenvalue weighted by atomic mass is 9.84. The van der Waals surface area contributed by atoms with Gasteiger partial charge in [0.25, 0.3) is 0 Å². The summed E-state index contributed by atoms with van der Waals surface area (Å²) in [5, 5.41) is 3.21. The van der Waals surface area contributed by atoms with Gasteiger partial charge in [0, 0.05) is 13.1 Å². The monoisotopic (exact) mass is 213 g/mol. The van der Waals surface area contributed by atoms with E-state index < -0.39 is 0 Å². The van der Waals surface area contributed by atoms with Crippen molar-refractivity contribution in [3.63, 3.8) is 0 Å². The maximum absolute atomic E-state index is 5.22. The van der Waals surface area contributed by atoms with Crippen LogP contribution in [0.1, 0.15) is 46.5 Å². The molecule has 0 aromatic carbocycles. The molecule has 1 aliphatic carbocycles. The normalized spacial score (nSPS) is 36.6. The van der Waals surface area contributed by atoms with Crippen LogP contribution in [0.15, 0.2) is 0 Å². The molecule has 1 aliphatic heterocycles. The molecule has 2 heteroatoms. The van der Waals surface area contributed by atoms with E-state index in [1.807, 2.05) is 0 Å². The summed E-state index contributed by atoms with van der Waals surface area (Å²) in [4.78, 5) is 0. The molecule has 0 aromatic heterocycles. The van der Waals surface area contributed by atoms with Crippen molar-refractivity contribution in [1.29, 1.82) is 0 Å². The highest BCUT2D eigenvalue weighted by Gasteiger charge is 2.13.